The first kappa shape index (κ1) is 22.8. The first-order valence-corrected chi connectivity index (χ1v) is 9.74. The highest BCUT2D eigenvalue weighted by Gasteiger charge is 2.18. The predicted octanol–water partition coefficient (Wildman–Crippen LogP) is 2.43. The molecule has 0 radical (unpaired) electrons. The van der Waals surface area contributed by atoms with Crippen LogP contribution in [0.5, 0.6) is 0 Å². The van der Waals surface area contributed by atoms with Crippen molar-refractivity contribution in [3.05, 3.63) is 0 Å². The van der Waals surface area contributed by atoms with Crippen molar-refractivity contribution in [3.8, 4) is 0 Å². The highest BCUT2D eigenvalue weighted by atomic mass is 16.7. The van der Waals surface area contributed by atoms with Crippen LogP contribution in [0.4, 0.5) is 0 Å². The van der Waals surface area contributed by atoms with Crippen molar-refractivity contribution in [1.82, 2.24) is 9.96 Å². The largest absolute Gasteiger partial charge is 0.378 e. The van der Waals surface area contributed by atoms with Gasteiger partial charge in [0.2, 0.25) is 0 Å². The zero-order chi connectivity index (χ0) is 18.5. The maximum Gasteiger partial charge on any atom is 0.0703 e. The van der Waals surface area contributed by atoms with Gasteiger partial charge in [0.15, 0.2) is 0 Å². The van der Waals surface area contributed by atoms with Gasteiger partial charge in [-0.05, 0) is 25.7 Å². The van der Waals surface area contributed by atoms with E-state index in [0.29, 0.717) is 31.8 Å². The monoisotopic (exact) mass is 360 g/mol. The van der Waals surface area contributed by atoms with E-state index < -0.39 is 0 Å². The van der Waals surface area contributed by atoms with E-state index in [1.54, 1.807) is 0 Å². The first-order valence-electron chi connectivity index (χ1n) is 9.74. The first-order chi connectivity index (χ1) is 11.9. The van der Waals surface area contributed by atoms with Crippen molar-refractivity contribution in [2.24, 2.45) is 5.41 Å². The van der Waals surface area contributed by atoms with Gasteiger partial charge < -0.3 is 14.2 Å². The van der Waals surface area contributed by atoms with Gasteiger partial charge in [-0.3, -0.25) is 9.74 Å². The number of ether oxygens (including phenoxy) is 3. The zero-order valence-corrected chi connectivity index (χ0v) is 17.1. The molecule has 1 fully saturated rings. The summed E-state index contributed by atoms with van der Waals surface area (Å²) in [7, 11) is 0. The maximum atomic E-state index is 5.86. The van der Waals surface area contributed by atoms with Crippen molar-refractivity contribution in [2.75, 3.05) is 72.4 Å². The zero-order valence-electron chi connectivity index (χ0n) is 17.1. The van der Waals surface area contributed by atoms with E-state index in [1.165, 1.54) is 0 Å². The molecule has 0 aromatic carbocycles. The van der Waals surface area contributed by atoms with Gasteiger partial charge in [-0.1, -0.05) is 20.8 Å². The number of hydrogen-bond donors (Lipinski definition) is 0. The van der Waals surface area contributed by atoms with Crippen LogP contribution in [0.15, 0.2) is 0 Å². The van der Waals surface area contributed by atoms with Crippen LogP contribution in [0, 0.1) is 5.41 Å². The van der Waals surface area contributed by atoms with Crippen molar-refractivity contribution in [2.45, 2.75) is 47.1 Å². The summed E-state index contributed by atoms with van der Waals surface area (Å²) in [6, 6.07) is 0. The fourth-order valence-corrected chi connectivity index (χ4v) is 2.42. The molecule has 1 heterocycles. The van der Waals surface area contributed by atoms with Gasteiger partial charge in [-0.25, -0.2) is 0 Å². The summed E-state index contributed by atoms with van der Waals surface area (Å²) in [5.41, 5.74) is 0.338. The van der Waals surface area contributed by atoms with Crippen molar-refractivity contribution in [1.29, 1.82) is 0 Å². The summed E-state index contributed by atoms with van der Waals surface area (Å²) >= 11 is 0. The average Bonchev–Trinajstić information content (AvgIpc) is 2.53. The minimum absolute atomic E-state index is 0.268. The second kappa shape index (κ2) is 13.0. The van der Waals surface area contributed by atoms with Crippen LogP contribution >= 0.6 is 0 Å². The normalized spacial score (nSPS) is 17.5. The SMILES string of the molecule is CC(C)OCCOCCOCCN1CCN(OCCC(C)(C)C)CC1. The van der Waals surface area contributed by atoms with E-state index in [0.717, 1.165) is 52.4 Å². The molecule has 0 aromatic heterocycles. The van der Waals surface area contributed by atoms with E-state index in [2.05, 4.69) is 30.7 Å². The van der Waals surface area contributed by atoms with Gasteiger partial charge in [0.05, 0.1) is 45.7 Å². The topological polar surface area (TPSA) is 43.4 Å². The molecule has 0 spiro atoms. The molecule has 0 aliphatic carbocycles. The molecule has 0 amide bonds. The Morgan fingerprint density at radius 3 is 2.00 bits per heavy atom. The van der Waals surface area contributed by atoms with E-state index >= 15 is 0 Å². The summed E-state index contributed by atoms with van der Waals surface area (Å²) in [6.07, 6.45) is 1.36. The summed E-state index contributed by atoms with van der Waals surface area (Å²) in [5.74, 6) is 0. The van der Waals surface area contributed by atoms with Crippen LogP contribution in [0.25, 0.3) is 0 Å². The van der Waals surface area contributed by atoms with E-state index in [4.69, 9.17) is 19.0 Å². The molecule has 25 heavy (non-hydrogen) atoms. The molecule has 0 saturated carbocycles. The highest BCUT2D eigenvalue weighted by molar-refractivity contribution is 4.67. The molecule has 0 bridgehead atoms. The molecule has 150 valence electrons. The fraction of sp³-hybridized carbons (Fsp3) is 1.00. The van der Waals surface area contributed by atoms with Gasteiger partial charge in [-0.2, -0.15) is 5.06 Å². The van der Waals surface area contributed by atoms with Crippen molar-refractivity contribution in [3.63, 3.8) is 0 Å². The molecule has 1 rings (SSSR count). The van der Waals surface area contributed by atoms with Gasteiger partial charge in [0.25, 0.3) is 0 Å². The molecule has 6 heteroatoms. The molecular weight excluding hydrogens is 320 g/mol. The van der Waals surface area contributed by atoms with Crippen LogP contribution in [0.2, 0.25) is 0 Å². The summed E-state index contributed by atoms with van der Waals surface area (Å²) < 4.78 is 16.5. The number of hydrogen-bond acceptors (Lipinski definition) is 6. The Bertz CT molecular complexity index is 313. The summed E-state index contributed by atoms with van der Waals surface area (Å²) in [6.45, 7) is 20.0. The number of hydroxylamine groups is 2. The molecule has 1 aliphatic rings. The molecular formula is C19H40N2O4. The Kier molecular flexibility index (Phi) is 11.9. The molecule has 1 saturated heterocycles. The lowest BCUT2D eigenvalue weighted by Crippen LogP contribution is -2.47. The van der Waals surface area contributed by atoms with E-state index in [-0.39, 0.29) is 6.10 Å². The Morgan fingerprint density at radius 2 is 1.40 bits per heavy atom. The van der Waals surface area contributed by atoms with E-state index in [1.807, 2.05) is 13.8 Å². The number of nitrogens with zero attached hydrogens (tertiary/aromatic N) is 2. The van der Waals surface area contributed by atoms with Gasteiger partial charge in [0.1, 0.15) is 0 Å². The van der Waals surface area contributed by atoms with Crippen LogP contribution in [-0.4, -0.2) is 88.4 Å². The Balaban J connectivity index is 1.89. The average molecular weight is 361 g/mol. The van der Waals surface area contributed by atoms with Crippen LogP contribution in [0.3, 0.4) is 0 Å². The van der Waals surface area contributed by atoms with Crippen LogP contribution in [0.1, 0.15) is 41.0 Å². The quantitative estimate of drug-likeness (QED) is 0.470. The summed E-state index contributed by atoms with van der Waals surface area (Å²) in [4.78, 5) is 8.29. The fourth-order valence-electron chi connectivity index (χ4n) is 2.42. The lowest BCUT2D eigenvalue weighted by atomic mass is 9.93. The Labute approximate surface area is 154 Å². The smallest absolute Gasteiger partial charge is 0.0703 e. The van der Waals surface area contributed by atoms with E-state index in [9.17, 15) is 0 Å². The second-order valence-corrected chi connectivity index (χ2v) is 8.06. The third kappa shape index (κ3) is 13.6. The molecule has 6 nitrogen and oxygen atoms in total. The molecule has 0 aromatic rings. The number of rotatable bonds is 13. The number of piperazine rings is 1. The Hall–Kier alpha value is -0.240. The molecule has 1 aliphatic heterocycles. The Morgan fingerprint density at radius 1 is 0.800 bits per heavy atom. The lowest BCUT2D eigenvalue weighted by Gasteiger charge is -2.34. The van der Waals surface area contributed by atoms with Crippen LogP contribution < -0.4 is 0 Å². The maximum absolute atomic E-state index is 5.86. The van der Waals surface area contributed by atoms with Gasteiger partial charge in [0, 0.05) is 32.7 Å². The molecule has 0 atom stereocenters. The second-order valence-electron chi connectivity index (χ2n) is 8.06. The lowest BCUT2D eigenvalue weighted by molar-refractivity contribution is -0.181. The summed E-state index contributed by atoms with van der Waals surface area (Å²) in [5, 5.41) is 2.11. The van der Waals surface area contributed by atoms with Crippen molar-refractivity contribution >= 4 is 0 Å². The minimum atomic E-state index is 0.268. The predicted molar refractivity (Wildman–Crippen MR) is 101 cm³/mol. The van der Waals surface area contributed by atoms with Crippen molar-refractivity contribution < 1.29 is 19.0 Å². The van der Waals surface area contributed by atoms with Crippen LogP contribution in [-0.2, 0) is 19.0 Å². The third-order valence-corrected chi connectivity index (χ3v) is 4.06. The van der Waals surface area contributed by atoms with Gasteiger partial charge >= 0.3 is 0 Å². The third-order valence-electron chi connectivity index (χ3n) is 4.06. The standard InChI is InChI=1S/C19H40N2O4/c1-18(2)24-17-16-23-15-14-22-13-11-20-7-9-21(10-8-20)25-12-6-19(3,4)5/h18H,6-17H2,1-5H3. The molecule has 0 unspecified atom stereocenters. The highest BCUT2D eigenvalue weighted by Crippen LogP contribution is 2.18. The van der Waals surface area contributed by atoms with Gasteiger partial charge in [-0.15, -0.1) is 0 Å². The minimum Gasteiger partial charge on any atom is -0.378 e. The molecule has 0 N–H and O–H groups in total.